The molecule has 7 nitrogen and oxygen atoms in total. The number of benzene rings is 2. The molecule has 0 unspecified atom stereocenters. The third-order valence-corrected chi connectivity index (χ3v) is 4.61. The van der Waals surface area contributed by atoms with Crippen LogP contribution in [0.5, 0.6) is 5.88 Å². The molecule has 2 aromatic carbocycles. The van der Waals surface area contributed by atoms with Crippen molar-refractivity contribution in [3.05, 3.63) is 94.4 Å². The number of methoxy groups -OCH3 is 1. The fourth-order valence-electron chi connectivity index (χ4n) is 3.13. The summed E-state index contributed by atoms with van der Waals surface area (Å²) in [6.45, 7) is 0. The number of hydrogen-bond donors (Lipinski definition) is 1. The van der Waals surface area contributed by atoms with E-state index >= 15 is 0 Å². The van der Waals surface area contributed by atoms with Crippen molar-refractivity contribution in [1.29, 1.82) is 0 Å². The van der Waals surface area contributed by atoms with Crippen LogP contribution in [0.2, 0.25) is 0 Å². The van der Waals surface area contributed by atoms with Crippen molar-refractivity contribution >= 4 is 28.6 Å². The molecule has 4 aromatic rings. The Labute approximate surface area is 171 Å². The average molecular weight is 399 g/mol. The Hall–Kier alpha value is -4.26. The summed E-state index contributed by atoms with van der Waals surface area (Å²) < 4.78 is 5.84. The number of aliphatic imine (C=N–C) groups is 1. The minimum Gasteiger partial charge on any atom is -0.494 e. The van der Waals surface area contributed by atoms with Gasteiger partial charge in [0.1, 0.15) is 5.82 Å². The van der Waals surface area contributed by atoms with Gasteiger partial charge < -0.3 is 9.84 Å². The molecule has 0 aliphatic heterocycles. The highest BCUT2D eigenvalue weighted by atomic mass is 16.5. The van der Waals surface area contributed by atoms with Gasteiger partial charge in [-0.3, -0.25) is 9.79 Å². The molecule has 0 saturated heterocycles. The molecule has 0 saturated carbocycles. The van der Waals surface area contributed by atoms with Crippen molar-refractivity contribution in [2.45, 2.75) is 0 Å². The van der Waals surface area contributed by atoms with Crippen LogP contribution in [-0.4, -0.2) is 34.0 Å². The van der Waals surface area contributed by atoms with Crippen LogP contribution >= 0.6 is 0 Å². The van der Waals surface area contributed by atoms with Crippen LogP contribution < -0.4 is 5.56 Å². The highest BCUT2D eigenvalue weighted by Gasteiger charge is 2.16. The van der Waals surface area contributed by atoms with Gasteiger partial charge in [-0.1, -0.05) is 24.3 Å². The molecule has 0 atom stereocenters. The van der Waals surface area contributed by atoms with Gasteiger partial charge in [-0.15, -0.1) is 0 Å². The summed E-state index contributed by atoms with van der Waals surface area (Å²) >= 11 is 0. The molecule has 7 heteroatoms. The lowest BCUT2D eigenvalue weighted by molar-refractivity contribution is 0.0601. The molecule has 30 heavy (non-hydrogen) atoms. The number of aromatic hydroxyl groups is 1. The molecular formula is C23H17N3O4. The number of aromatic nitrogens is 2. The van der Waals surface area contributed by atoms with E-state index in [1.54, 1.807) is 72.9 Å². The van der Waals surface area contributed by atoms with Crippen LogP contribution in [0.1, 0.15) is 15.9 Å². The Balaban J connectivity index is 1.85. The predicted molar refractivity (Wildman–Crippen MR) is 114 cm³/mol. The molecule has 148 valence electrons. The van der Waals surface area contributed by atoms with Crippen LogP contribution in [-0.2, 0) is 4.74 Å². The van der Waals surface area contributed by atoms with Gasteiger partial charge in [0.2, 0.25) is 5.88 Å². The fourth-order valence-corrected chi connectivity index (χ4v) is 3.13. The van der Waals surface area contributed by atoms with E-state index in [0.29, 0.717) is 33.4 Å². The smallest absolute Gasteiger partial charge is 0.337 e. The maximum Gasteiger partial charge on any atom is 0.337 e. The van der Waals surface area contributed by atoms with Gasteiger partial charge >= 0.3 is 5.97 Å². The Kier molecular flexibility index (Phi) is 5.09. The standard InChI is InChI=1S/C23H17N3O4/c1-30-23(29)15-9-11-16(12-10-15)25-14-19-17-6-2-3-7-18(17)21(27)26(22(19)28)20-8-4-5-13-24-20/h2-14,28H,1H3. The summed E-state index contributed by atoms with van der Waals surface area (Å²) in [4.78, 5) is 33.1. The summed E-state index contributed by atoms with van der Waals surface area (Å²) in [6, 6.07) is 18.6. The molecular weight excluding hydrogens is 382 g/mol. The summed E-state index contributed by atoms with van der Waals surface area (Å²) in [5.74, 6) is -0.383. The second-order valence-corrected chi connectivity index (χ2v) is 6.41. The van der Waals surface area contributed by atoms with E-state index in [1.807, 2.05) is 0 Å². The van der Waals surface area contributed by atoms with Crippen LogP contribution in [0.3, 0.4) is 0 Å². The normalized spacial score (nSPS) is 11.1. The number of carbonyl (C=O) groups is 1. The maximum atomic E-state index is 13.0. The third kappa shape index (κ3) is 3.44. The number of carbonyl (C=O) groups excluding carboxylic acids is 1. The van der Waals surface area contributed by atoms with E-state index in [2.05, 4.69) is 14.7 Å². The number of fused-ring (bicyclic) bond motifs is 1. The largest absolute Gasteiger partial charge is 0.494 e. The first-order valence-electron chi connectivity index (χ1n) is 9.10. The SMILES string of the molecule is COC(=O)c1ccc(N=Cc2c(O)n(-c3ccccn3)c(=O)c3ccccc23)cc1. The van der Waals surface area contributed by atoms with Crippen LogP contribution in [0, 0.1) is 0 Å². The Morgan fingerprint density at radius 3 is 2.40 bits per heavy atom. The number of hydrogen-bond acceptors (Lipinski definition) is 6. The van der Waals surface area contributed by atoms with Crippen LogP contribution in [0.4, 0.5) is 5.69 Å². The summed E-state index contributed by atoms with van der Waals surface area (Å²) in [5, 5.41) is 11.9. The van der Waals surface area contributed by atoms with Gasteiger partial charge in [-0.05, 0) is 42.5 Å². The van der Waals surface area contributed by atoms with Gasteiger partial charge in [0.25, 0.3) is 5.56 Å². The first-order valence-corrected chi connectivity index (χ1v) is 9.10. The first-order chi connectivity index (χ1) is 14.6. The quantitative estimate of drug-likeness (QED) is 0.418. The van der Waals surface area contributed by atoms with Gasteiger partial charge in [-0.2, -0.15) is 0 Å². The number of ether oxygens (including phenoxy) is 1. The molecule has 0 bridgehead atoms. The number of esters is 1. The van der Waals surface area contributed by atoms with Crippen LogP contribution in [0.25, 0.3) is 16.6 Å². The highest BCUT2D eigenvalue weighted by Crippen LogP contribution is 2.26. The highest BCUT2D eigenvalue weighted by molar-refractivity contribution is 6.02. The van der Waals surface area contributed by atoms with Gasteiger partial charge in [0.05, 0.1) is 23.9 Å². The molecule has 0 fully saturated rings. The summed E-state index contributed by atoms with van der Waals surface area (Å²) in [7, 11) is 1.32. The molecule has 0 radical (unpaired) electrons. The second-order valence-electron chi connectivity index (χ2n) is 6.41. The summed E-state index contributed by atoms with van der Waals surface area (Å²) in [5.41, 5.74) is 0.990. The monoisotopic (exact) mass is 399 g/mol. The lowest BCUT2D eigenvalue weighted by atomic mass is 10.1. The van der Waals surface area contributed by atoms with Gasteiger partial charge in [0, 0.05) is 23.2 Å². The van der Waals surface area contributed by atoms with Gasteiger partial charge in [-0.25, -0.2) is 14.3 Å². The van der Waals surface area contributed by atoms with Crippen molar-refractivity contribution in [2.75, 3.05) is 7.11 Å². The number of rotatable bonds is 4. The lowest BCUT2D eigenvalue weighted by Crippen LogP contribution is -2.20. The molecule has 0 aliphatic rings. The molecule has 2 aromatic heterocycles. The lowest BCUT2D eigenvalue weighted by Gasteiger charge is -2.12. The molecule has 1 N–H and O–H groups in total. The topological polar surface area (TPSA) is 93.8 Å². The maximum absolute atomic E-state index is 13.0. The fraction of sp³-hybridized carbons (Fsp3) is 0.0435. The van der Waals surface area contributed by atoms with Crippen LogP contribution in [0.15, 0.2) is 82.7 Å². The van der Waals surface area contributed by atoms with Crippen molar-refractivity contribution in [3.63, 3.8) is 0 Å². The zero-order valence-corrected chi connectivity index (χ0v) is 16.0. The third-order valence-electron chi connectivity index (χ3n) is 4.61. The Morgan fingerprint density at radius 1 is 1.03 bits per heavy atom. The predicted octanol–water partition coefficient (Wildman–Crippen LogP) is 3.63. The molecule has 0 spiro atoms. The minimum absolute atomic E-state index is 0.257. The van der Waals surface area contributed by atoms with Crippen molar-refractivity contribution < 1.29 is 14.6 Å². The van der Waals surface area contributed by atoms with E-state index in [-0.39, 0.29) is 11.4 Å². The van der Waals surface area contributed by atoms with E-state index in [9.17, 15) is 14.7 Å². The summed E-state index contributed by atoms with van der Waals surface area (Å²) in [6.07, 6.45) is 3.04. The average Bonchev–Trinajstić information content (AvgIpc) is 2.79. The Morgan fingerprint density at radius 2 is 1.73 bits per heavy atom. The van der Waals surface area contributed by atoms with E-state index in [0.717, 1.165) is 4.57 Å². The zero-order valence-electron chi connectivity index (χ0n) is 16.0. The van der Waals surface area contributed by atoms with Crippen molar-refractivity contribution in [2.24, 2.45) is 4.99 Å². The van der Waals surface area contributed by atoms with Crippen molar-refractivity contribution in [3.8, 4) is 11.7 Å². The second kappa shape index (κ2) is 8.00. The van der Waals surface area contributed by atoms with E-state index < -0.39 is 5.97 Å². The molecule has 2 heterocycles. The molecule has 4 rings (SSSR count). The Bertz CT molecular complexity index is 1310. The van der Waals surface area contributed by atoms with Gasteiger partial charge in [0.15, 0.2) is 0 Å². The molecule has 0 aliphatic carbocycles. The first kappa shape index (κ1) is 19.1. The zero-order chi connectivity index (χ0) is 21.1. The number of nitrogens with zero attached hydrogens (tertiary/aromatic N) is 3. The van der Waals surface area contributed by atoms with E-state index in [4.69, 9.17) is 0 Å². The minimum atomic E-state index is -0.434. The van der Waals surface area contributed by atoms with E-state index in [1.165, 1.54) is 13.3 Å². The molecule has 0 amide bonds. The van der Waals surface area contributed by atoms with Crippen molar-refractivity contribution in [1.82, 2.24) is 9.55 Å². The number of pyridine rings is 2.